The third-order valence-electron chi connectivity index (χ3n) is 1.49. The highest BCUT2D eigenvalue weighted by Gasteiger charge is 2.48. The lowest BCUT2D eigenvalue weighted by molar-refractivity contribution is -0.147. The van der Waals surface area contributed by atoms with Gasteiger partial charge in [-0.3, -0.25) is 0 Å². The number of aliphatic hydroxyl groups excluding tert-OH is 2. The number of hydrogen-bond donors (Lipinski definition) is 3. The van der Waals surface area contributed by atoms with Crippen LogP contribution in [0.15, 0.2) is 0 Å². The molecule has 0 amide bonds. The Hall–Kier alpha value is -0.230. The number of hydrogen-bond acceptors (Lipinski definition) is 4. The number of halogens is 1. The van der Waals surface area contributed by atoms with Crippen LogP contribution in [0.25, 0.3) is 0 Å². The smallest absolute Gasteiger partial charge is 0.259 e. The van der Waals surface area contributed by atoms with Gasteiger partial charge in [0.15, 0.2) is 0 Å². The van der Waals surface area contributed by atoms with Crippen molar-refractivity contribution >= 4 is 0 Å². The maximum Gasteiger partial charge on any atom is 0.259 e. The third-order valence-corrected chi connectivity index (χ3v) is 1.49. The Morgan fingerprint density at radius 3 is 2.50 bits per heavy atom. The lowest BCUT2D eigenvalue weighted by Gasteiger charge is -2.15. The van der Waals surface area contributed by atoms with Gasteiger partial charge in [-0.1, -0.05) is 0 Å². The van der Waals surface area contributed by atoms with E-state index >= 15 is 0 Å². The van der Waals surface area contributed by atoms with Crippen LogP contribution in [0.4, 0.5) is 4.39 Å². The zero-order valence-corrected chi connectivity index (χ0v) is 5.20. The third kappa shape index (κ3) is 1.13. The molecule has 0 radical (unpaired) electrons. The summed E-state index contributed by atoms with van der Waals surface area (Å²) in [6.07, 6.45) is -2.65. The fourth-order valence-electron chi connectivity index (χ4n) is 0.838. The SMILES string of the molecule is OCC1OC[C@](O)(F)[C@@H]1O. The van der Waals surface area contributed by atoms with Crippen molar-refractivity contribution in [3.05, 3.63) is 0 Å². The highest BCUT2D eigenvalue weighted by atomic mass is 19.2. The van der Waals surface area contributed by atoms with Crippen molar-refractivity contribution in [2.75, 3.05) is 13.2 Å². The van der Waals surface area contributed by atoms with E-state index in [4.69, 9.17) is 15.3 Å². The molecule has 1 heterocycles. The van der Waals surface area contributed by atoms with Crippen LogP contribution in [0, 0.1) is 0 Å². The van der Waals surface area contributed by atoms with Crippen molar-refractivity contribution in [2.24, 2.45) is 0 Å². The van der Waals surface area contributed by atoms with E-state index in [0.717, 1.165) is 0 Å². The number of rotatable bonds is 1. The molecule has 5 heteroatoms. The van der Waals surface area contributed by atoms with E-state index in [2.05, 4.69) is 4.74 Å². The molecular formula is C5H9FO4. The van der Waals surface area contributed by atoms with Gasteiger partial charge in [-0.2, -0.15) is 0 Å². The van der Waals surface area contributed by atoms with Crippen LogP contribution in [0.1, 0.15) is 0 Å². The molecule has 0 spiro atoms. The summed E-state index contributed by atoms with van der Waals surface area (Å²) in [6.45, 7) is -1.08. The fraction of sp³-hybridized carbons (Fsp3) is 1.00. The Labute approximate surface area is 56.9 Å². The first-order valence-corrected chi connectivity index (χ1v) is 2.90. The summed E-state index contributed by atoms with van der Waals surface area (Å²) >= 11 is 0. The molecule has 60 valence electrons. The van der Waals surface area contributed by atoms with Gasteiger partial charge in [0.1, 0.15) is 18.8 Å². The average molecular weight is 152 g/mol. The molecular weight excluding hydrogens is 143 g/mol. The van der Waals surface area contributed by atoms with E-state index in [-0.39, 0.29) is 0 Å². The molecule has 1 aliphatic rings. The normalized spacial score (nSPS) is 48.0. The average Bonchev–Trinajstić information content (AvgIpc) is 2.10. The van der Waals surface area contributed by atoms with Gasteiger partial charge in [0.2, 0.25) is 0 Å². The maximum absolute atomic E-state index is 12.5. The highest BCUT2D eigenvalue weighted by Crippen LogP contribution is 2.25. The fourth-order valence-corrected chi connectivity index (χ4v) is 0.838. The summed E-state index contributed by atoms with van der Waals surface area (Å²) in [5, 5.41) is 25.8. The van der Waals surface area contributed by atoms with Crippen molar-refractivity contribution in [3.63, 3.8) is 0 Å². The van der Waals surface area contributed by atoms with Crippen LogP contribution in [-0.2, 0) is 4.74 Å². The summed E-state index contributed by atoms with van der Waals surface area (Å²) in [5.74, 6) is -2.70. The van der Waals surface area contributed by atoms with E-state index in [1.165, 1.54) is 0 Å². The lowest BCUT2D eigenvalue weighted by atomic mass is 10.1. The van der Waals surface area contributed by atoms with Crippen molar-refractivity contribution in [2.45, 2.75) is 18.1 Å². The van der Waals surface area contributed by atoms with E-state index < -0.39 is 31.3 Å². The number of alkyl halides is 1. The van der Waals surface area contributed by atoms with Crippen LogP contribution in [0.3, 0.4) is 0 Å². The van der Waals surface area contributed by atoms with Crippen LogP contribution < -0.4 is 0 Å². The summed E-state index contributed by atoms with van der Waals surface area (Å²) in [7, 11) is 0. The van der Waals surface area contributed by atoms with Gasteiger partial charge < -0.3 is 20.1 Å². The van der Waals surface area contributed by atoms with E-state index in [9.17, 15) is 4.39 Å². The van der Waals surface area contributed by atoms with Gasteiger partial charge in [0.05, 0.1) is 6.61 Å². The zero-order valence-electron chi connectivity index (χ0n) is 5.20. The monoisotopic (exact) mass is 152 g/mol. The quantitative estimate of drug-likeness (QED) is 0.423. The Morgan fingerprint density at radius 1 is 1.70 bits per heavy atom. The molecule has 0 aromatic carbocycles. The van der Waals surface area contributed by atoms with Gasteiger partial charge >= 0.3 is 0 Å². The molecule has 0 saturated carbocycles. The zero-order chi connectivity index (χ0) is 7.78. The lowest BCUT2D eigenvalue weighted by Crippen LogP contribution is -2.40. The van der Waals surface area contributed by atoms with Crippen LogP contribution in [-0.4, -0.2) is 46.6 Å². The molecule has 4 nitrogen and oxygen atoms in total. The second kappa shape index (κ2) is 2.43. The molecule has 10 heavy (non-hydrogen) atoms. The second-order valence-corrected chi connectivity index (χ2v) is 2.30. The molecule has 1 rings (SSSR count). The van der Waals surface area contributed by atoms with Gasteiger partial charge in [-0.25, -0.2) is 4.39 Å². The largest absolute Gasteiger partial charge is 0.394 e. The van der Waals surface area contributed by atoms with Crippen LogP contribution in [0.2, 0.25) is 0 Å². The minimum absolute atomic E-state index is 0.493. The standard InChI is InChI=1S/C5H9FO4/c6-5(9)2-10-3(1-7)4(5)8/h3-4,7-9H,1-2H2/t3?,4-,5-/m1/s1. The van der Waals surface area contributed by atoms with Gasteiger partial charge in [-0.15, -0.1) is 0 Å². The first-order valence-electron chi connectivity index (χ1n) is 2.90. The molecule has 3 atom stereocenters. The highest BCUT2D eigenvalue weighted by molar-refractivity contribution is 4.88. The molecule has 1 unspecified atom stereocenters. The predicted octanol–water partition coefficient (Wildman–Crippen LogP) is -1.60. The molecule has 1 saturated heterocycles. The molecule has 3 N–H and O–H groups in total. The Kier molecular flexibility index (Phi) is 1.91. The Bertz CT molecular complexity index is 127. The Morgan fingerprint density at radius 2 is 2.30 bits per heavy atom. The van der Waals surface area contributed by atoms with Crippen LogP contribution in [0.5, 0.6) is 0 Å². The summed E-state index contributed by atoms with van der Waals surface area (Å²) in [6, 6.07) is 0. The van der Waals surface area contributed by atoms with Crippen molar-refractivity contribution < 1.29 is 24.4 Å². The van der Waals surface area contributed by atoms with Gasteiger partial charge in [-0.05, 0) is 0 Å². The minimum Gasteiger partial charge on any atom is -0.394 e. The van der Waals surface area contributed by atoms with Crippen molar-refractivity contribution in [3.8, 4) is 0 Å². The van der Waals surface area contributed by atoms with E-state index in [1.54, 1.807) is 0 Å². The van der Waals surface area contributed by atoms with Crippen LogP contribution >= 0.6 is 0 Å². The van der Waals surface area contributed by atoms with Crippen molar-refractivity contribution in [1.29, 1.82) is 0 Å². The summed E-state index contributed by atoms with van der Waals surface area (Å²) in [4.78, 5) is 0. The van der Waals surface area contributed by atoms with Crippen molar-refractivity contribution in [1.82, 2.24) is 0 Å². The molecule has 0 aliphatic carbocycles. The number of aliphatic hydroxyl groups is 3. The molecule has 0 bridgehead atoms. The summed E-state index contributed by atoms with van der Waals surface area (Å²) in [5.41, 5.74) is 0. The van der Waals surface area contributed by atoms with E-state index in [1.807, 2.05) is 0 Å². The molecule has 1 fully saturated rings. The molecule has 1 aliphatic heterocycles. The Balaban J connectivity index is 2.58. The van der Waals surface area contributed by atoms with Gasteiger partial charge in [0.25, 0.3) is 5.85 Å². The topological polar surface area (TPSA) is 69.9 Å². The summed E-state index contributed by atoms with van der Waals surface area (Å²) < 4.78 is 17.0. The molecule has 0 aromatic heterocycles. The first-order chi connectivity index (χ1) is 4.58. The predicted molar refractivity (Wildman–Crippen MR) is 28.9 cm³/mol. The first kappa shape index (κ1) is 7.87. The van der Waals surface area contributed by atoms with Gasteiger partial charge in [0, 0.05) is 0 Å². The minimum atomic E-state index is -2.70. The maximum atomic E-state index is 12.5. The molecule has 0 aromatic rings. The number of ether oxygens (including phenoxy) is 1. The van der Waals surface area contributed by atoms with E-state index in [0.29, 0.717) is 0 Å². The second-order valence-electron chi connectivity index (χ2n) is 2.30.